The van der Waals surface area contributed by atoms with Gasteiger partial charge in [0.05, 0.1) is 6.10 Å². The predicted molar refractivity (Wildman–Crippen MR) is 63.2 cm³/mol. The van der Waals surface area contributed by atoms with Gasteiger partial charge in [0.1, 0.15) is 0 Å². The minimum atomic E-state index is -0.369. The van der Waals surface area contributed by atoms with Crippen molar-refractivity contribution in [1.82, 2.24) is 0 Å². The summed E-state index contributed by atoms with van der Waals surface area (Å²) in [5, 5.41) is 9.86. The van der Waals surface area contributed by atoms with E-state index in [1.165, 1.54) is 12.8 Å². The topological polar surface area (TPSA) is 20.2 Å². The molecule has 0 aromatic carbocycles. The van der Waals surface area contributed by atoms with Gasteiger partial charge >= 0.3 is 0 Å². The molecule has 0 saturated carbocycles. The van der Waals surface area contributed by atoms with Crippen LogP contribution >= 0.6 is 0 Å². The Morgan fingerprint density at radius 2 is 2.00 bits per heavy atom. The Kier molecular flexibility index (Phi) is 6.56. The SMILES string of the molecule is C=C[C@@H](C)[C@@H](O)/C(C)=C/[C@H](C)CCC. The molecule has 0 aliphatic rings. The molecule has 0 spiro atoms. The van der Waals surface area contributed by atoms with E-state index in [4.69, 9.17) is 0 Å². The van der Waals surface area contributed by atoms with Crippen molar-refractivity contribution in [2.75, 3.05) is 0 Å². The molecule has 1 heteroatoms. The quantitative estimate of drug-likeness (QED) is 0.644. The van der Waals surface area contributed by atoms with Crippen molar-refractivity contribution >= 4 is 0 Å². The molecule has 0 radical (unpaired) electrons. The standard InChI is InChI=1S/C13H24O/c1-6-8-10(3)9-12(5)13(14)11(4)7-2/h7,9-11,13-14H,2,6,8H2,1,3-5H3/b12-9+/t10-,11-,13-/m1/s1. The highest BCUT2D eigenvalue weighted by Gasteiger charge is 2.12. The first-order valence-electron chi connectivity index (χ1n) is 5.51. The first-order valence-corrected chi connectivity index (χ1v) is 5.51. The molecule has 0 bridgehead atoms. The molecule has 0 unspecified atom stereocenters. The monoisotopic (exact) mass is 196 g/mol. The molecule has 0 aliphatic heterocycles. The van der Waals surface area contributed by atoms with Gasteiger partial charge in [-0.1, -0.05) is 39.3 Å². The molecule has 0 rings (SSSR count). The average Bonchev–Trinajstić information content (AvgIpc) is 2.15. The lowest BCUT2D eigenvalue weighted by molar-refractivity contribution is 0.172. The third-order valence-corrected chi connectivity index (χ3v) is 2.63. The van der Waals surface area contributed by atoms with E-state index in [0.717, 1.165) is 5.57 Å². The van der Waals surface area contributed by atoms with Crippen molar-refractivity contribution in [1.29, 1.82) is 0 Å². The lowest BCUT2D eigenvalue weighted by atomic mass is 9.94. The Balaban J connectivity index is 4.28. The number of rotatable bonds is 6. The van der Waals surface area contributed by atoms with Gasteiger partial charge in [-0.25, -0.2) is 0 Å². The highest BCUT2D eigenvalue weighted by atomic mass is 16.3. The molecule has 1 nitrogen and oxygen atoms in total. The van der Waals surface area contributed by atoms with Crippen LogP contribution in [0, 0.1) is 11.8 Å². The second-order valence-electron chi connectivity index (χ2n) is 4.22. The number of hydrogen-bond acceptors (Lipinski definition) is 1. The molecular formula is C13H24O. The van der Waals surface area contributed by atoms with Crippen molar-refractivity contribution in [2.45, 2.75) is 46.6 Å². The van der Waals surface area contributed by atoms with Crippen LogP contribution < -0.4 is 0 Å². The fourth-order valence-electron chi connectivity index (χ4n) is 1.63. The van der Waals surface area contributed by atoms with E-state index < -0.39 is 0 Å². The summed E-state index contributed by atoms with van der Waals surface area (Å²) < 4.78 is 0. The highest BCUT2D eigenvalue weighted by molar-refractivity contribution is 5.09. The number of allylic oxidation sites excluding steroid dienone is 1. The molecule has 0 saturated heterocycles. The van der Waals surface area contributed by atoms with Crippen LogP contribution in [0.2, 0.25) is 0 Å². The molecule has 0 amide bonds. The van der Waals surface area contributed by atoms with E-state index >= 15 is 0 Å². The molecule has 1 N–H and O–H groups in total. The lowest BCUT2D eigenvalue weighted by Gasteiger charge is -2.17. The minimum Gasteiger partial charge on any atom is -0.388 e. The molecule has 0 aliphatic carbocycles. The molecule has 0 aromatic heterocycles. The minimum absolute atomic E-state index is 0.139. The van der Waals surface area contributed by atoms with Gasteiger partial charge in [0, 0.05) is 5.92 Å². The second-order valence-corrected chi connectivity index (χ2v) is 4.22. The third-order valence-electron chi connectivity index (χ3n) is 2.63. The maximum Gasteiger partial charge on any atom is 0.0807 e. The number of aliphatic hydroxyl groups is 1. The Bertz CT molecular complexity index is 193. The molecule has 3 atom stereocenters. The van der Waals surface area contributed by atoms with Gasteiger partial charge < -0.3 is 5.11 Å². The summed E-state index contributed by atoms with van der Waals surface area (Å²) in [4.78, 5) is 0. The van der Waals surface area contributed by atoms with E-state index in [2.05, 4.69) is 26.5 Å². The zero-order valence-corrected chi connectivity index (χ0v) is 9.96. The van der Waals surface area contributed by atoms with Crippen molar-refractivity contribution in [3.05, 3.63) is 24.3 Å². The van der Waals surface area contributed by atoms with Crippen molar-refractivity contribution < 1.29 is 5.11 Å². The Morgan fingerprint density at radius 3 is 2.43 bits per heavy atom. The smallest absolute Gasteiger partial charge is 0.0807 e. The van der Waals surface area contributed by atoms with Crippen LogP contribution in [0.25, 0.3) is 0 Å². The van der Waals surface area contributed by atoms with Crippen LogP contribution in [0.4, 0.5) is 0 Å². The zero-order chi connectivity index (χ0) is 11.1. The summed E-state index contributed by atoms with van der Waals surface area (Å²) in [6.45, 7) is 12.1. The lowest BCUT2D eigenvalue weighted by Crippen LogP contribution is -2.17. The van der Waals surface area contributed by atoms with Gasteiger partial charge in [-0.2, -0.15) is 0 Å². The molecule has 0 aromatic rings. The van der Waals surface area contributed by atoms with E-state index in [0.29, 0.717) is 5.92 Å². The summed E-state index contributed by atoms with van der Waals surface area (Å²) in [7, 11) is 0. The van der Waals surface area contributed by atoms with Gasteiger partial charge in [0.15, 0.2) is 0 Å². The van der Waals surface area contributed by atoms with Crippen LogP contribution in [0.1, 0.15) is 40.5 Å². The molecule has 82 valence electrons. The van der Waals surface area contributed by atoms with Crippen LogP contribution in [-0.4, -0.2) is 11.2 Å². The van der Waals surface area contributed by atoms with Crippen LogP contribution in [-0.2, 0) is 0 Å². The molecular weight excluding hydrogens is 172 g/mol. The molecule has 14 heavy (non-hydrogen) atoms. The molecule has 0 heterocycles. The fourth-order valence-corrected chi connectivity index (χ4v) is 1.63. The Labute approximate surface area is 88.5 Å². The first-order chi connectivity index (χ1) is 6.52. The normalized spacial score (nSPS) is 18.8. The Hall–Kier alpha value is -0.560. The Morgan fingerprint density at radius 1 is 1.43 bits per heavy atom. The maximum absolute atomic E-state index is 9.86. The van der Waals surface area contributed by atoms with E-state index in [1.54, 1.807) is 6.08 Å². The van der Waals surface area contributed by atoms with Crippen LogP contribution in [0.5, 0.6) is 0 Å². The summed E-state index contributed by atoms with van der Waals surface area (Å²) in [5.41, 5.74) is 1.07. The first kappa shape index (κ1) is 13.4. The maximum atomic E-state index is 9.86. The largest absolute Gasteiger partial charge is 0.388 e. The highest BCUT2D eigenvalue weighted by Crippen LogP contribution is 2.17. The van der Waals surface area contributed by atoms with E-state index in [1.807, 2.05) is 13.8 Å². The van der Waals surface area contributed by atoms with Crippen molar-refractivity contribution in [3.8, 4) is 0 Å². The average molecular weight is 196 g/mol. The zero-order valence-electron chi connectivity index (χ0n) is 9.96. The van der Waals surface area contributed by atoms with E-state index in [-0.39, 0.29) is 12.0 Å². The number of aliphatic hydroxyl groups excluding tert-OH is 1. The van der Waals surface area contributed by atoms with Gasteiger partial charge in [-0.3, -0.25) is 0 Å². The number of hydrogen-bond donors (Lipinski definition) is 1. The second kappa shape index (κ2) is 6.83. The van der Waals surface area contributed by atoms with Crippen molar-refractivity contribution in [2.24, 2.45) is 11.8 Å². The molecule has 0 fully saturated rings. The van der Waals surface area contributed by atoms with Gasteiger partial charge in [0.2, 0.25) is 0 Å². The summed E-state index contributed by atoms with van der Waals surface area (Å²) in [5.74, 6) is 0.701. The summed E-state index contributed by atoms with van der Waals surface area (Å²) >= 11 is 0. The predicted octanol–water partition coefficient (Wildman–Crippen LogP) is 3.55. The summed E-state index contributed by atoms with van der Waals surface area (Å²) in [6.07, 6.45) is 5.98. The van der Waals surface area contributed by atoms with Crippen molar-refractivity contribution in [3.63, 3.8) is 0 Å². The summed E-state index contributed by atoms with van der Waals surface area (Å²) in [6, 6.07) is 0. The van der Waals surface area contributed by atoms with Gasteiger partial charge in [0.25, 0.3) is 0 Å². The van der Waals surface area contributed by atoms with Crippen LogP contribution in [0.15, 0.2) is 24.3 Å². The van der Waals surface area contributed by atoms with Gasteiger partial charge in [-0.15, -0.1) is 6.58 Å². The van der Waals surface area contributed by atoms with Crippen LogP contribution in [0.3, 0.4) is 0 Å². The van der Waals surface area contributed by atoms with Gasteiger partial charge in [-0.05, 0) is 24.8 Å². The fraction of sp³-hybridized carbons (Fsp3) is 0.692. The van der Waals surface area contributed by atoms with E-state index in [9.17, 15) is 5.11 Å². The third kappa shape index (κ3) is 4.61.